The first kappa shape index (κ1) is 10.2. The molecule has 0 aromatic rings. The molecular weight excluding hydrogens is 152 g/mol. The number of alkyl halides is 1. The minimum absolute atomic E-state index is 0.174. The predicted molar refractivity (Wildman–Crippen MR) is 42.6 cm³/mol. The number of rotatable bonds is 6. The van der Waals surface area contributed by atoms with Gasteiger partial charge in [-0.1, -0.05) is 0 Å². The Bertz CT molecular complexity index is 54.4. The molecular formula is C7H15ClO2. The molecule has 0 N–H and O–H groups in total. The van der Waals surface area contributed by atoms with Crippen molar-refractivity contribution in [2.24, 2.45) is 0 Å². The fraction of sp³-hybridized carbons (Fsp3) is 1.00. The number of hydrogen-bond acceptors (Lipinski definition) is 2. The van der Waals surface area contributed by atoms with Crippen molar-refractivity contribution in [2.45, 2.75) is 19.4 Å². The number of halogens is 1. The topological polar surface area (TPSA) is 18.5 Å². The van der Waals surface area contributed by atoms with Crippen molar-refractivity contribution in [2.75, 3.05) is 26.2 Å². The Morgan fingerprint density at radius 3 is 2.60 bits per heavy atom. The molecule has 0 saturated carbocycles. The molecule has 0 saturated heterocycles. The number of ether oxygens (including phenoxy) is 2. The lowest BCUT2D eigenvalue weighted by Crippen LogP contribution is -2.19. The number of hydrogen-bond donors (Lipinski definition) is 0. The summed E-state index contributed by atoms with van der Waals surface area (Å²) in [5.74, 6) is 0.633. The van der Waals surface area contributed by atoms with Gasteiger partial charge in [-0.15, -0.1) is 11.6 Å². The molecule has 0 spiro atoms. The van der Waals surface area contributed by atoms with Gasteiger partial charge in [0, 0.05) is 19.6 Å². The maximum Gasteiger partial charge on any atom is 0.0819 e. The molecule has 62 valence electrons. The van der Waals surface area contributed by atoms with Gasteiger partial charge in [0.2, 0.25) is 0 Å². The molecule has 0 aromatic carbocycles. The highest BCUT2D eigenvalue weighted by molar-refractivity contribution is 6.17. The monoisotopic (exact) mass is 166 g/mol. The van der Waals surface area contributed by atoms with Crippen molar-refractivity contribution in [3.8, 4) is 0 Å². The largest absolute Gasteiger partial charge is 0.382 e. The highest BCUT2D eigenvalue weighted by atomic mass is 35.5. The maximum absolute atomic E-state index is 5.53. The molecule has 1 unspecified atom stereocenters. The fourth-order valence-electron chi connectivity index (χ4n) is 0.758. The summed E-state index contributed by atoms with van der Waals surface area (Å²) in [6, 6.07) is 0. The van der Waals surface area contributed by atoms with Crippen LogP contribution in [-0.4, -0.2) is 32.3 Å². The summed E-state index contributed by atoms with van der Waals surface area (Å²) in [6.45, 7) is 3.34. The molecule has 3 heteroatoms. The zero-order valence-corrected chi connectivity index (χ0v) is 7.36. The highest BCUT2D eigenvalue weighted by Gasteiger charge is 2.05. The molecule has 2 nitrogen and oxygen atoms in total. The van der Waals surface area contributed by atoms with E-state index in [9.17, 15) is 0 Å². The van der Waals surface area contributed by atoms with Crippen LogP contribution in [0, 0.1) is 0 Å². The van der Waals surface area contributed by atoms with Crippen LogP contribution in [-0.2, 0) is 9.47 Å². The lowest BCUT2D eigenvalue weighted by molar-refractivity contribution is 0.00293. The molecule has 0 heterocycles. The minimum Gasteiger partial charge on any atom is -0.382 e. The lowest BCUT2D eigenvalue weighted by atomic mass is 10.3. The van der Waals surface area contributed by atoms with Gasteiger partial charge in [-0.05, 0) is 13.3 Å². The van der Waals surface area contributed by atoms with Crippen LogP contribution in [0.4, 0.5) is 0 Å². The van der Waals surface area contributed by atoms with Gasteiger partial charge >= 0.3 is 0 Å². The summed E-state index contributed by atoms with van der Waals surface area (Å²) in [5, 5.41) is 0. The van der Waals surface area contributed by atoms with E-state index in [0.717, 1.165) is 13.0 Å². The first-order valence-corrected chi connectivity index (χ1v) is 4.05. The number of methoxy groups -OCH3 is 1. The van der Waals surface area contributed by atoms with Crippen LogP contribution in [0.1, 0.15) is 13.3 Å². The zero-order valence-electron chi connectivity index (χ0n) is 6.60. The lowest BCUT2D eigenvalue weighted by Gasteiger charge is -2.13. The molecule has 0 aliphatic carbocycles. The molecule has 0 fully saturated rings. The SMILES string of the molecule is CCOC(CCCl)COC. The van der Waals surface area contributed by atoms with Crippen LogP contribution in [0.15, 0.2) is 0 Å². The molecule has 0 aromatic heterocycles. The summed E-state index contributed by atoms with van der Waals surface area (Å²) in [4.78, 5) is 0. The standard InChI is InChI=1S/C7H15ClO2/c1-3-10-7(4-5-8)6-9-2/h7H,3-6H2,1-2H3. The van der Waals surface area contributed by atoms with Crippen molar-refractivity contribution in [3.05, 3.63) is 0 Å². The summed E-state index contributed by atoms with van der Waals surface area (Å²) >= 11 is 5.53. The van der Waals surface area contributed by atoms with Gasteiger partial charge in [0.15, 0.2) is 0 Å². The quantitative estimate of drug-likeness (QED) is 0.559. The van der Waals surface area contributed by atoms with E-state index in [0.29, 0.717) is 12.5 Å². The van der Waals surface area contributed by atoms with E-state index < -0.39 is 0 Å². The molecule has 0 bridgehead atoms. The zero-order chi connectivity index (χ0) is 7.82. The summed E-state index contributed by atoms with van der Waals surface area (Å²) in [5.41, 5.74) is 0. The smallest absolute Gasteiger partial charge is 0.0819 e. The first-order chi connectivity index (χ1) is 4.85. The van der Waals surface area contributed by atoms with E-state index in [1.807, 2.05) is 6.92 Å². The Kier molecular flexibility index (Phi) is 7.47. The molecule has 0 aliphatic heterocycles. The van der Waals surface area contributed by atoms with Crippen LogP contribution in [0.5, 0.6) is 0 Å². The van der Waals surface area contributed by atoms with Crippen LogP contribution in [0.25, 0.3) is 0 Å². The van der Waals surface area contributed by atoms with E-state index >= 15 is 0 Å². The minimum atomic E-state index is 0.174. The Morgan fingerprint density at radius 1 is 1.50 bits per heavy atom. The van der Waals surface area contributed by atoms with Crippen LogP contribution in [0.2, 0.25) is 0 Å². The highest BCUT2D eigenvalue weighted by Crippen LogP contribution is 2.00. The average molecular weight is 167 g/mol. The van der Waals surface area contributed by atoms with E-state index in [4.69, 9.17) is 21.1 Å². The van der Waals surface area contributed by atoms with Crippen LogP contribution < -0.4 is 0 Å². The van der Waals surface area contributed by atoms with Gasteiger partial charge in [-0.3, -0.25) is 0 Å². The van der Waals surface area contributed by atoms with Crippen molar-refractivity contribution in [1.82, 2.24) is 0 Å². The van der Waals surface area contributed by atoms with Crippen molar-refractivity contribution in [1.29, 1.82) is 0 Å². The molecule has 10 heavy (non-hydrogen) atoms. The third-order valence-corrected chi connectivity index (χ3v) is 1.40. The van der Waals surface area contributed by atoms with Crippen molar-refractivity contribution in [3.63, 3.8) is 0 Å². The normalized spacial score (nSPS) is 13.5. The Labute approximate surface area is 67.5 Å². The second-order valence-corrected chi connectivity index (χ2v) is 2.39. The van der Waals surface area contributed by atoms with E-state index in [2.05, 4.69) is 0 Å². The van der Waals surface area contributed by atoms with Crippen LogP contribution >= 0.6 is 11.6 Å². The third-order valence-electron chi connectivity index (χ3n) is 1.19. The Hall–Kier alpha value is 0.210. The molecule has 1 atom stereocenters. The second-order valence-electron chi connectivity index (χ2n) is 2.01. The van der Waals surface area contributed by atoms with Crippen LogP contribution in [0.3, 0.4) is 0 Å². The van der Waals surface area contributed by atoms with Gasteiger partial charge in [-0.2, -0.15) is 0 Å². The predicted octanol–water partition coefficient (Wildman–Crippen LogP) is 1.67. The van der Waals surface area contributed by atoms with Gasteiger partial charge in [0.05, 0.1) is 12.7 Å². The Balaban J connectivity index is 3.30. The van der Waals surface area contributed by atoms with Gasteiger partial charge < -0.3 is 9.47 Å². The molecule has 0 radical (unpaired) electrons. The molecule has 0 rings (SSSR count). The summed E-state index contributed by atoms with van der Waals surface area (Å²) < 4.78 is 10.2. The van der Waals surface area contributed by atoms with Gasteiger partial charge in [0.1, 0.15) is 0 Å². The van der Waals surface area contributed by atoms with Crippen molar-refractivity contribution < 1.29 is 9.47 Å². The Morgan fingerprint density at radius 2 is 2.20 bits per heavy atom. The third kappa shape index (κ3) is 5.03. The second kappa shape index (κ2) is 7.32. The van der Waals surface area contributed by atoms with E-state index in [1.165, 1.54) is 0 Å². The maximum atomic E-state index is 5.53. The average Bonchev–Trinajstić information content (AvgIpc) is 1.90. The van der Waals surface area contributed by atoms with Gasteiger partial charge in [-0.25, -0.2) is 0 Å². The van der Waals surface area contributed by atoms with E-state index in [-0.39, 0.29) is 6.10 Å². The van der Waals surface area contributed by atoms with E-state index in [1.54, 1.807) is 7.11 Å². The van der Waals surface area contributed by atoms with Crippen molar-refractivity contribution >= 4 is 11.6 Å². The summed E-state index contributed by atoms with van der Waals surface area (Å²) in [6.07, 6.45) is 1.04. The van der Waals surface area contributed by atoms with Gasteiger partial charge in [0.25, 0.3) is 0 Å². The summed E-state index contributed by atoms with van der Waals surface area (Å²) in [7, 11) is 1.67. The fourth-order valence-corrected chi connectivity index (χ4v) is 1.00. The first-order valence-electron chi connectivity index (χ1n) is 3.51. The molecule has 0 aliphatic rings. The molecule has 0 amide bonds.